The maximum atomic E-state index is 12.8. The summed E-state index contributed by atoms with van der Waals surface area (Å²) in [6, 6.07) is 6.55. The minimum atomic E-state index is -4.49. The molecule has 1 aromatic heterocycles. The van der Waals surface area contributed by atoms with Gasteiger partial charge in [-0.05, 0) is 17.9 Å². The fourth-order valence-electron chi connectivity index (χ4n) is 2.38. The SMILES string of the molecule is CSc1nc(N)nc(N(C)N(C)C(=O)Cc2cccc(C(F)(F)F)c2)c1C#N. The van der Waals surface area contributed by atoms with E-state index in [0.29, 0.717) is 5.03 Å². The zero-order valence-corrected chi connectivity index (χ0v) is 16.1. The Morgan fingerprint density at radius 2 is 2.00 bits per heavy atom. The van der Waals surface area contributed by atoms with Crippen molar-refractivity contribution >= 4 is 29.4 Å². The Hall–Kier alpha value is -3.00. The molecule has 148 valence electrons. The summed E-state index contributed by atoms with van der Waals surface area (Å²) in [4.78, 5) is 20.6. The largest absolute Gasteiger partial charge is 0.416 e. The number of nitrogens with two attached hydrogens (primary N) is 1. The Morgan fingerprint density at radius 1 is 1.32 bits per heavy atom. The van der Waals surface area contributed by atoms with Crippen molar-refractivity contribution in [3.8, 4) is 6.07 Å². The summed E-state index contributed by atoms with van der Waals surface area (Å²) in [5.74, 6) is -0.434. The monoisotopic (exact) mass is 410 g/mol. The van der Waals surface area contributed by atoms with E-state index in [0.717, 1.165) is 17.1 Å². The molecule has 0 saturated carbocycles. The average Bonchev–Trinajstić information content (AvgIpc) is 2.65. The number of amides is 1. The number of anilines is 2. The van der Waals surface area contributed by atoms with Gasteiger partial charge in [0.1, 0.15) is 16.7 Å². The van der Waals surface area contributed by atoms with Crippen LogP contribution in [-0.4, -0.2) is 41.2 Å². The van der Waals surface area contributed by atoms with Crippen molar-refractivity contribution in [1.82, 2.24) is 15.0 Å². The number of nitriles is 1. The second-order valence-corrected chi connectivity index (χ2v) is 6.51. The third-order valence-corrected chi connectivity index (χ3v) is 4.59. The molecule has 1 amide bonds. The van der Waals surface area contributed by atoms with Gasteiger partial charge in [0, 0.05) is 14.1 Å². The number of rotatable bonds is 5. The van der Waals surface area contributed by atoms with E-state index in [4.69, 9.17) is 5.73 Å². The van der Waals surface area contributed by atoms with Crippen LogP contribution in [0.3, 0.4) is 0 Å². The smallest absolute Gasteiger partial charge is 0.368 e. The van der Waals surface area contributed by atoms with Crippen molar-refractivity contribution in [1.29, 1.82) is 5.26 Å². The third kappa shape index (κ3) is 4.64. The van der Waals surface area contributed by atoms with Crippen LogP contribution in [0.4, 0.5) is 24.9 Å². The van der Waals surface area contributed by atoms with Gasteiger partial charge in [-0.2, -0.15) is 23.4 Å². The van der Waals surface area contributed by atoms with E-state index in [2.05, 4.69) is 9.97 Å². The van der Waals surface area contributed by atoms with Crippen molar-refractivity contribution in [3.63, 3.8) is 0 Å². The molecular formula is C17H17F3N6OS. The summed E-state index contributed by atoms with van der Waals surface area (Å²) < 4.78 is 38.5. The lowest BCUT2D eigenvalue weighted by molar-refractivity contribution is -0.138. The molecule has 0 fully saturated rings. The summed E-state index contributed by atoms with van der Waals surface area (Å²) in [7, 11) is 2.92. The molecule has 0 bridgehead atoms. The number of thioether (sulfide) groups is 1. The first kappa shape index (κ1) is 21.3. The van der Waals surface area contributed by atoms with Gasteiger partial charge in [0.05, 0.1) is 12.0 Å². The lowest BCUT2D eigenvalue weighted by Crippen LogP contribution is -2.43. The van der Waals surface area contributed by atoms with Crippen molar-refractivity contribution in [2.45, 2.75) is 17.6 Å². The fraction of sp³-hybridized carbons (Fsp3) is 0.294. The standard InChI is InChI=1S/C17H17F3N6OS/c1-25(13(27)8-10-5-4-6-11(7-10)17(18,19)20)26(2)14-12(9-21)15(28-3)24-16(22)23-14/h4-7H,8H2,1-3H3,(H2,22,23,24). The van der Waals surface area contributed by atoms with Crippen LogP contribution < -0.4 is 10.7 Å². The van der Waals surface area contributed by atoms with Crippen molar-refractivity contribution < 1.29 is 18.0 Å². The lowest BCUT2D eigenvalue weighted by Gasteiger charge is -2.30. The highest BCUT2D eigenvalue weighted by molar-refractivity contribution is 7.98. The van der Waals surface area contributed by atoms with Gasteiger partial charge in [0.25, 0.3) is 0 Å². The second kappa shape index (κ2) is 8.35. The van der Waals surface area contributed by atoms with Crippen molar-refractivity contribution in [2.75, 3.05) is 31.1 Å². The number of carbonyl (C=O) groups excluding carboxylic acids is 1. The molecule has 0 aliphatic rings. The number of hydrogen-bond acceptors (Lipinski definition) is 7. The summed E-state index contributed by atoms with van der Waals surface area (Å²) in [6.07, 6.45) is -3.03. The van der Waals surface area contributed by atoms with Gasteiger partial charge < -0.3 is 5.73 Å². The molecule has 0 unspecified atom stereocenters. The summed E-state index contributed by atoms with van der Waals surface area (Å²) in [5, 5.41) is 12.2. The number of hydrazine groups is 1. The Balaban J connectivity index is 2.27. The number of likely N-dealkylation sites (N-methyl/N-ethyl adjacent to an activating group) is 1. The number of carbonyl (C=O) groups is 1. The number of alkyl halides is 3. The van der Waals surface area contributed by atoms with Crippen molar-refractivity contribution in [2.24, 2.45) is 0 Å². The molecule has 1 heterocycles. The molecule has 11 heteroatoms. The molecular weight excluding hydrogens is 393 g/mol. The molecule has 2 aromatic rings. The molecule has 28 heavy (non-hydrogen) atoms. The Labute approximate surface area is 163 Å². The first-order valence-corrected chi connectivity index (χ1v) is 9.09. The van der Waals surface area contributed by atoms with Crippen LogP contribution in [0.1, 0.15) is 16.7 Å². The second-order valence-electron chi connectivity index (χ2n) is 5.72. The van der Waals surface area contributed by atoms with Gasteiger partial charge in [-0.15, -0.1) is 11.8 Å². The zero-order valence-electron chi connectivity index (χ0n) is 15.3. The zero-order chi connectivity index (χ0) is 21.1. The molecule has 0 spiro atoms. The number of benzene rings is 1. The van der Waals surface area contributed by atoms with Crippen LogP contribution in [0.15, 0.2) is 29.3 Å². The Morgan fingerprint density at radius 3 is 2.57 bits per heavy atom. The highest BCUT2D eigenvalue weighted by atomic mass is 32.2. The number of aromatic nitrogens is 2. The topological polar surface area (TPSA) is 99.1 Å². The van der Waals surface area contributed by atoms with Gasteiger partial charge in [-0.3, -0.25) is 14.8 Å². The summed E-state index contributed by atoms with van der Waals surface area (Å²) >= 11 is 1.20. The van der Waals surface area contributed by atoms with Crippen LogP contribution in [0.5, 0.6) is 0 Å². The molecule has 0 aliphatic carbocycles. The quantitative estimate of drug-likeness (QED) is 0.460. The van der Waals surface area contributed by atoms with Crippen LogP contribution in [0.2, 0.25) is 0 Å². The molecule has 7 nitrogen and oxygen atoms in total. The molecule has 0 saturated heterocycles. The van der Waals surface area contributed by atoms with E-state index in [1.807, 2.05) is 6.07 Å². The van der Waals surface area contributed by atoms with Crippen LogP contribution in [0, 0.1) is 11.3 Å². The number of nitrogen functional groups attached to an aromatic ring is 1. The molecule has 2 rings (SSSR count). The molecule has 2 N–H and O–H groups in total. The van der Waals surface area contributed by atoms with E-state index < -0.39 is 17.6 Å². The van der Waals surface area contributed by atoms with E-state index in [9.17, 15) is 23.2 Å². The summed E-state index contributed by atoms with van der Waals surface area (Å²) in [6.45, 7) is 0. The third-order valence-electron chi connectivity index (χ3n) is 3.91. The Kier molecular flexibility index (Phi) is 6.35. The lowest BCUT2D eigenvalue weighted by atomic mass is 10.1. The highest BCUT2D eigenvalue weighted by Crippen LogP contribution is 2.30. The minimum Gasteiger partial charge on any atom is -0.368 e. The fourth-order valence-corrected chi connectivity index (χ4v) is 2.91. The van der Waals surface area contributed by atoms with Gasteiger partial charge in [-0.25, -0.2) is 4.98 Å². The highest BCUT2D eigenvalue weighted by Gasteiger charge is 2.30. The average molecular weight is 410 g/mol. The summed E-state index contributed by atoms with van der Waals surface area (Å²) in [5.41, 5.74) is 5.20. The Bertz CT molecular complexity index is 928. The van der Waals surface area contributed by atoms with E-state index in [1.165, 1.54) is 43.0 Å². The van der Waals surface area contributed by atoms with Gasteiger partial charge in [0.2, 0.25) is 11.9 Å². The first-order valence-electron chi connectivity index (χ1n) is 7.86. The predicted octanol–water partition coefficient (Wildman–Crippen LogP) is 2.72. The van der Waals surface area contributed by atoms with Gasteiger partial charge >= 0.3 is 6.18 Å². The molecule has 1 aromatic carbocycles. The number of hydrogen-bond donors (Lipinski definition) is 1. The van der Waals surface area contributed by atoms with Crippen LogP contribution >= 0.6 is 11.8 Å². The van der Waals surface area contributed by atoms with Crippen LogP contribution in [0.25, 0.3) is 0 Å². The van der Waals surface area contributed by atoms with Crippen molar-refractivity contribution in [3.05, 3.63) is 41.0 Å². The minimum absolute atomic E-state index is 0.0658. The van der Waals surface area contributed by atoms with E-state index in [1.54, 1.807) is 6.26 Å². The number of halogens is 3. The molecule has 0 atom stereocenters. The van der Waals surface area contributed by atoms with Crippen LogP contribution in [-0.2, 0) is 17.4 Å². The van der Waals surface area contributed by atoms with Gasteiger partial charge in [0.15, 0.2) is 5.82 Å². The first-order chi connectivity index (χ1) is 13.1. The maximum absolute atomic E-state index is 12.8. The molecule has 0 aliphatic heterocycles. The van der Waals surface area contributed by atoms with E-state index in [-0.39, 0.29) is 29.3 Å². The number of nitrogens with zero attached hydrogens (tertiary/aromatic N) is 5. The normalized spacial score (nSPS) is 11.0. The van der Waals surface area contributed by atoms with E-state index >= 15 is 0 Å². The molecule has 0 radical (unpaired) electrons. The maximum Gasteiger partial charge on any atom is 0.416 e. The predicted molar refractivity (Wildman–Crippen MR) is 99.3 cm³/mol. The van der Waals surface area contributed by atoms with Gasteiger partial charge in [-0.1, -0.05) is 18.2 Å².